The van der Waals surface area contributed by atoms with E-state index in [0.717, 1.165) is 72.4 Å². The molecule has 0 atom stereocenters. The lowest BCUT2D eigenvalue weighted by atomic mass is 10.0. The normalized spacial score (nSPS) is 11.3. The minimum absolute atomic E-state index is 0.531. The molecule has 258 valence electrons. The highest BCUT2D eigenvalue weighted by molar-refractivity contribution is 6.05. The van der Waals surface area contributed by atoms with Crippen molar-refractivity contribution in [3.63, 3.8) is 0 Å². The SMILES string of the molecule is c1ccc(-c2ccc(-c3nc(-c4ccc(-c5ccccc5)cc4)nc(-c4c5ccccc5c5nc(-c6ccccc6)nc(-c6ccccc6)n45)n3)cc2)cc1. The highest BCUT2D eigenvalue weighted by atomic mass is 15.1. The highest BCUT2D eigenvalue weighted by Gasteiger charge is 2.24. The van der Waals surface area contributed by atoms with E-state index in [1.165, 1.54) is 0 Å². The number of hydrogen-bond acceptors (Lipinski definition) is 5. The lowest BCUT2D eigenvalue weighted by molar-refractivity contribution is 1.01. The Balaban J connectivity index is 1.22. The van der Waals surface area contributed by atoms with E-state index < -0.39 is 0 Å². The molecule has 0 bridgehead atoms. The average molecular weight is 705 g/mol. The first-order valence-electron chi connectivity index (χ1n) is 18.3. The predicted molar refractivity (Wildman–Crippen MR) is 222 cm³/mol. The topological polar surface area (TPSA) is 68.9 Å². The molecule has 10 aromatic rings. The molecule has 7 aromatic carbocycles. The van der Waals surface area contributed by atoms with Crippen LogP contribution in [0.15, 0.2) is 194 Å². The van der Waals surface area contributed by atoms with Crippen molar-refractivity contribution >= 4 is 16.4 Å². The Hall–Kier alpha value is -7.57. The fourth-order valence-corrected chi connectivity index (χ4v) is 7.17. The smallest absolute Gasteiger partial charge is 0.181 e. The summed E-state index contributed by atoms with van der Waals surface area (Å²) >= 11 is 0. The van der Waals surface area contributed by atoms with Crippen molar-refractivity contribution in [2.24, 2.45) is 0 Å². The Labute approximate surface area is 318 Å². The van der Waals surface area contributed by atoms with Crippen LogP contribution < -0.4 is 0 Å². The third-order valence-corrected chi connectivity index (χ3v) is 9.91. The Morgan fingerprint density at radius 2 is 0.600 bits per heavy atom. The number of rotatable bonds is 7. The van der Waals surface area contributed by atoms with E-state index in [9.17, 15) is 0 Å². The third kappa shape index (κ3) is 6.02. The Kier molecular flexibility index (Phi) is 8.04. The lowest BCUT2D eigenvalue weighted by Gasteiger charge is -2.13. The van der Waals surface area contributed by atoms with E-state index in [0.29, 0.717) is 23.3 Å². The molecule has 0 saturated carbocycles. The first kappa shape index (κ1) is 32.1. The van der Waals surface area contributed by atoms with E-state index in [1.54, 1.807) is 0 Å². The van der Waals surface area contributed by atoms with Gasteiger partial charge in [-0.2, -0.15) is 0 Å². The molecule has 0 aliphatic carbocycles. The van der Waals surface area contributed by atoms with Gasteiger partial charge in [0.05, 0.1) is 0 Å². The number of fused-ring (bicyclic) bond motifs is 3. The van der Waals surface area contributed by atoms with Crippen LogP contribution in [-0.4, -0.2) is 29.3 Å². The number of aromatic nitrogens is 6. The predicted octanol–water partition coefficient (Wildman–Crippen LogP) is 11.7. The molecule has 0 aliphatic rings. The van der Waals surface area contributed by atoms with Crippen LogP contribution in [0.3, 0.4) is 0 Å². The summed E-state index contributed by atoms with van der Waals surface area (Å²) in [6, 6.07) is 66.3. The van der Waals surface area contributed by atoms with Crippen molar-refractivity contribution in [3.8, 4) is 79.3 Å². The van der Waals surface area contributed by atoms with Gasteiger partial charge in [0.15, 0.2) is 23.3 Å². The largest absolute Gasteiger partial charge is 0.273 e. The maximum atomic E-state index is 5.26. The van der Waals surface area contributed by atoms with E-state index in [2.05, 4.69) is 126 Å². The molecule has 0 unspecified atom stereocenters. The van der Waals surface area contributed by atoms with Gasteiger partial charge in [-0.25, -0.2) is 24.9 Å². The van der Waals surface area contributed by atoms with Crippen LogP contribution in [0.4, 0.5) is 0 Å². The molecule has 6 nitrogen and oxygen atoms in total. The van der Waals surface area contributed by atoms with Gasteiger partial charge in [-0.05, 0) is 22.3 Å². The van der Waals surface area contributed by atoms with Crippen molar-refractivity contribution in [1.29, 1.82) is 0 Å². The van der Waals surface area contributed by atoms with Gasteiger partial charge >= 0.3 is 0 Å². The Morgan fingerprint density at radius 3 is 1.11 bits per heavy atom. The highest BCUT2D eigenvalue weighted by Crippen LogP contribution is 2.38. The molecule has 0 fully saturated rings. The summed E-state index contributed by atoms with van der Waals surface area (Å²) in [5.41, 5.74) is 9.81. The number of benzene rings is 7. The van der Waals surface area contributed by atoms with Gasteiger partial charge < -0.3 is 0 Å². The monoisotopic (exact) mass is 704 g/mol. The standard InChI is InChI=1S/C49H32N6/c1-5-15-33(16-6-1)35-25-29-38(30-26-35)44-50-45(39-31-27-36(28-32-39)34-17-7-2-8-18-34)52-47(51-44)43-41-23-13-14-24-42(41)49-54-46(37-19-9-3-10-20-37)53-48(55(43)49)40-21-11-4-12-22-40/h1-32H. The lowest BCUT2D eigenvalue weighted by Crippen LogP contribution is -2.06. The van der Waals surface area contributed by atoms with E-state index >= 15 is 0 Å². The summed E-state index contributed by atoms with van der Waals surface area (Å²) in [6.07, 6.45) is 0. The van der Waals surface area contributed by atoms with Crippen LogP contribution >= 0.6 is 0 Å². The van der Waals surface area contributed by atoms with Gasteiger partial charge in [0.25, 0.3) is 0 Å². The average Bonchev–Trinajstić information content (AvgIpc) is 3.62. The van der Waals surface area contributed by atoms with Crippen molar-refractivity contribution in [2.75, 3.05) is 0 Å². The van der Waals surface area contributed by atoms with E-state index in [-0.39, 0.29) is 0 Å². The molecular formula is C49H32N6. The maximum Gasteiger partial charge on any atom is 0.181 e. The molecular weight excluding hydrogens is 673 g/mol. The Bertz CT molecular complexity index is 2830. The van der Waals surface area contributed by atoms with Crippen molar-refractivity contribution in [3.05, 3.63) is 194 Å². The van der Waals surface area contributed by atoms with Crippen LogP contribution in [0, 0.1) is 0 Å². The molecule has 3 aromatic heterocycles. The second kappa shape index (κ2) is 13.8. The molecule has 3 heterocycles. The first-order chi connectivity index (χ1) is 27.3. The maximum absolute atomic E-state index is 5.26. The zero-order valence-corrected chi connectivity index (χ0v) is 29.7. The zero-order chi connectivity index (χ0) is 36.6. The molecule has 0 radical (unpaired) electrons. The summed E-state index contributed by atoms with van der Waals surface area (Å²) in [5, 5.41) is 1.96. The van der Waals surface area contributed by atoms with Gasteiger partial charge in [0.2, 0.25) is 0 Å². The molecule has 0 N–H and O–H groups in total. The second-order valence-corrected chi connectivity index (χ2v) is 13.3. The molecule has 0 amide bonds. The molecule has 6 heteroatoms. The Morgan fingerprint density at radius 1 is 0.255 bits per heavy atom. The first-order valence-corrected chi connectivity index (χ1v) is 18.3. The molecule has 0 saturated heterocycles. The van der Waals surface area contributed by atoms with Crippen molar-refractivity contribution < 1.29 is 0 Å². The van der Waals surface area contributed by atoms with Crippen LogP contribution in [0.25, 0.3) is 95.7 Å². The van der Waals surface area contributed by atoms with Gasteiger partial charge in [0.1, 0.15) is 17.2 Å². The number of nitrogens with zero attached hydrogens (tertiary/aromatic N) is 6. The van der Waals surface area contributed by atoms with E-state index in [4.69, 9.17) is 24.9 Å². The molecule has 0 aliphatic heterocycles. The second-order valence-electron chi connectivity index (χ2n) is 13.3. The summed E-state index contributed by atoms with van der Waals surface area (Å²) in [7, 11) is 0. The quantitative estimate of drug-likeness (QED) is 0.165. The van der Waals surface area contributed by atoms with Gasteiger partial charge in [0, 0.05) is 33.0 Å². The summed E-state index contributed by atoms with van der Waals surface area (Å²) in [6.45, 7) is 0. The third-order valence-electron chi connectivity index (χ3n) is 9.91. The van der Waals surface area contributed by atoms with E-state index in [1.807, 2.05) is 72.8 Å². The van der Waals surface area contributed by atoms with Crippen LogP contribution in [0.1, 0.15) is 0 Å². The van der Waals surface area contributed by atoms with Crippen LogP contribution in [0.2, 0.25) is 0 Å². The summed E-state index contributed by atoms with van der Waals surface area (Å²) in [5.74, 6) is 3.08. The van der Waals surface area contributed by atoms with Crippen molar-refractivity contribution in [1.82, 2.24) is 29.3 Å². The molecule has 10 rings (SSSR count). The number of hydrogen-bond donors (Lipinski definition) is 0. The fourth-order valence-electron chi connectivity index (χ4n) is 7.17. The van der Waals surface area contributed by atoms with Crippen LogP contribution in [-0.2, 0) is 0 Å². The minimum Gasteiger partial charge on any atom is -0.273 e. The summed E-state index contributed by atoms with van der Waals surface area (Å²) < 4.78 is 2.12. The summed E-state index contributed by atoms with van der Waals surface area (Å²) in [4.78, 5) is 26.1. The van der Waals surface area contributed by atoms with Crippen molar-refractivity contribution in [2.45, 2.75) is 0 Å². The zero-order valence-electron chi connectivity index (χ0n) is 29.7. The molecule has 55 heavy (non-hydrogen) atoms. The van der Waals surface area contributed by atoms with Gasteiger partial charge in [-0.3, -0.25) is 4.40 Å². The fraction of sp³-hybridized carbons (Fsp3) is 0. The van der Waals surface area contributed by atoms with Gasteiger partial charge in [-0.15, -0.1) is 0 Å². The molecule has 0 spiro atoms. The van der Waals surface area contributed by atoms with Crippen LogP contribution in [0.5, 0.6) is 0 Å². The minimum atomic E-state index is 0.531. The van der Waals surface area contributed by atoms with Gasteiger partial charge in [-0.1, -0.05) is 194 Å².